The highest BCUT2D eigenvalue weighted by Crippen LogP contribution is 2.25. The van der Waals surface area contributed by atoms with Crippen molar-refractivity contribution < 1.29 is 4.79 Å². The smallest absolute Gasteiger partial charge is 0.321 e. The first-order chi connectivity index (χ1) is 13.5. The summed E-state index contributed by atoms with van der Waals surface area (Å²) in [5.74, 6) is 1.98. The van der Waals surface area contributed by atoms with Gasteiger partial charge in [0, 0.05) is 57.3 Å². The van der Waals surface area contributed by atoms with E-state index in [0.29, 0.717) is 15.7 Å². The topological polar surface area (TPSA) is 38.8 Å². The third-order valence-corrected chi connectivity index (χ3v) is 6.89. The van der Waals surface area contributed by atoms with Crippen LogP contribution in [0.3, 0.4) is 0 Å². The second kappa shape index (κ2) is 10.9. The van der Waals surface area contributed by atoms with E-state index in [1.54, 1.807) is 18.2 Å². The summed E-state index contributed by atoms with van der Waals surface area (Å²) in [5.41, 5.74) is 0.675. The zero-order valence-corrected chi connectivity index (χ0v) is 18.8. The minimum atomic E-state index is -0.0704. The van der Waals surface area contributed by atoms with Gasteiger partial charge in [-0.1, -0.05) is 23.2 Å². The Morgan fingerprint density at radius 2 is 1.93 bits per heavy atom. The van der Waals surface area contributed by atoms with Crippen LogP contribution in [0.4, 0.5) is 10.5 Å². The fourth-order valence-electron chi connectivity index (χ4n) is 4.00. The van der Waals surface area contributed by atoms with Crippen molar-refractivity contribution >= 4 is 46.7 Å². The molecule has 5 nitrogen and oxygen atoms in total. The fourth-order valence-corrected chi connectivity index (χ4v) is 4.74. The Morgan fingerprint density at radius 1 is 1.14 bits per heavy atom. The molecule has 28 heavy (non-hydrogen) atoms. The molecule has 1 atom stereocenters. The number of nitrogens with zero attached hydrogens (tertiary/aromatic N) is 3. The summed E-state index contributed by atoms with van der Waals surface area (Å²) in [4.78, 5) is 19.5. The number of carbonyl (C=O) groups is 1. The van der Waals surface area contributed by atoms with Gasteiger partial charge < -0.3 is 15.1 Å². The van der Waals surface area contributed by atoms with Gasteiger partial charge in [0.25, 0.3) is 0 Å². The van der Waals surface area contributed by atoms with Crippen LogP contribution in [0, 0.1) is 5.92 Å². The van der Waals surface area contributed by atoms with Crippen molar-refractivity contribution in [3.05, 3.63) is 28.2 Å². The molecule has 0 saturated carbocycles. The number of halogens is 2. The first-order valence-electron chi connectivity index (χ1n) is 10.00. The first-order valence-corrected chi connectivity index (χ1v) is 12.1. The summed E-state index contributed by atoms with van der Waals surface area (Å²) < 4.78 is 0. The molecular formula is C20H30Cl2N4OS. The predicted octanol–water partition coefficient (Wildman–Crippen LogP) is 4.22. The molecule has 8 heteroatoms. The van der Waals surface area contributed by atoms with Crippen LogP contribution < -0.4 is 5.32 Å². The highest BCUT2D eigenvalue weighted by Gasteiger charge is 2.25. The number of anilines is 1. The van der Waals surface area contributed by atoms with E-state index in [0.717, 1.165) is 38.6 Å². The molecule has 2 amide bonds. The molecule has 2 heterocycles. The molecule has 2 aliphatic heterocycles. The normalized spacial score (nSPS) is 21.7. The van der Waals surface area contributed by atoms with Crippen LogP contribution in [0.15, 0.2) is 18.2 Å². The monoisotopic (exact) mass is 444 g/mol. The van der Waals surface area contributed by atoms with Gasteiger partial charge in [-0.25, -0.2) is 4.79 Å². The van der Waals surface area contributed by atoms with Crippen molar-refractivity contribution in [3.8, 4) is 0 Å². The maximum Gasteiger partial charge on any atom is 0.321 e. The van der Waals surface area contributed by atoms with Crippen LogP contribution in [-0.2, 0) is 0 Å². The largest absolute Gasteiger partial charge is 0.322 e. The number of piperidine rings is 1. The summed E-state index contributed by atoms with van der Waals surface area (Å²) in [6, 6.07) is 5.08. The second-order valence-corrected chi connectivity index (χ2v) is 9.45. The number of thioether (sulfide) groups is 1. The molecule has 1 aromatic carbocycles. The number of likely N-dealkylation sites (tertiary alicyclic amines) is 1. The predicted molar refractivity (Wildman–Crippen MR) is 121 cm³/mol. The van der Waals surface area contributed by atoms with Gasteiger partial charge in [-0.15, -0.1) is 0 Å². The molecular weight excluding hydrogens is 415 g/mol. The lowest BCUT2D eigenvalue weighted by Crippen LogP contribution is -2.52. The van der Waals surface area contributed by atoms with Crippen molar-refractivity contribution in [1.82, 2.24) is 14.7 Å². The molecule has 2 fully saturated rings. The molecule has 3 rings (SSSR count). The van der Waals surface area contributed by atoms with Gasteiger partial charge in [0.15, 0.2) is 0 Å². The quantitative estimate of drug-likeness (QED) is 0.712. The van der Waals surface area contributed by atoms with Gasteiger partial charge >= 0.3 is 6.03 Å². The number of amides is 2. The number of rotatable bonds is 6. The van der Waals surface area contributed by atoms with E-state index in [1.807, 2.05) is 16.7 Å². The Hall–Kier alpha value is -0.660. The van der Waals surface area contributed by atoms with Crippen molar-refractivity contribution in [3.63, 3.8) is 0 Å². The number of benzene rings is 1. The van der Waals surface area contributed by atoms with Crippen LogP contribution in [0.25, 0.3) is 0 Å². The lowest BCUT2D eigenvalue weighted by atomic mass is 9.97. The molecule has 0 aliphatic carbocycles. The van der Waals surface area contributed by atoms with Gasteiger partial charge in [0.1, 0.15) is 0 Å². The fraction of sp³-hybridized carbons (Fsp3) is 0.650. The molecule has 0 aromatic heterocycles. The minimum Gasteiger partial charge on any atom is -0.322 e. The van der Waals surface area contributed by atoms with Crippen molar-refractivity contribution in [2.24, 2.45) is 5.92 Å². The highest BCUT2D eigenvalue weighted by atomic mass is 35.5. The van der Waals surface area contributed by atoms with E-state index < -0.39 is 0 Å². The summed E-state index contributed by atoms with van der Waals surface area (Å²) in [6.45, 7) is 8.23. The number of carbonyl (C=O) groups excluding carboxylic acids is 1. The number of urea groups is 1. The summed E-state index contributed by atoms with van der Waals surface area (Å²) in [7, 11) is 0. The zero-order chi connectivity index (χ0) is 19.9. The van der Waals surface area contributed by atoms with Crippen LogP contribution >= 0.6 is 35.0 Å². The third kappa shape index (κ3) is 6.42. The summed E-state index contributed by atoms with van der Waals surface area (Å²) >= 11 is 13.9. The molecule has 0 bridgehead atoms. The molecule has 2 saturated heterocycles. The lowest BCUT2D eigenvalue weighted by Gasteiger charge is -2.39. The molecule has 1 aromatic rings. The maximum atomic E-state index is 12.5. The SMILES string of the molecule is CSCCN1CCC[C@@H](CN2CCN(C(=O)Nc3ccc(Cl)c(Cl)c3)CC2)C1. The summed E-state index contributed by atoms with van der Waals surface area (Å²) in [6.07, 6.45) is 4.82. The van der Waals surface area contributed by atoms with Gasteiger partial charge in [-0.2, -0.15) is 11.8 Å². The first kappa shape index (κ1) is 22.0. The highest BCUT2D eigenvalue weighted by molar-refractivity contribution is 7.98. The molecule has 0 radical (unpaired) electrons. The second-order valence-electron chi connectivity index (χ2n) is 7.65. The van der Waals surface area contributed by atoms with E-state index >= 15 is 0 Å². The van der Waals surface area contributed by atoms with Crippen molar-refractivity contribution in [2.75, 3.05) is 69.7 Å². The van der Waals surface area contributed by atoms with Crippen molar-refractivity contribution in [2.45, 2.75) is 12.8 Å². The molecule has 0 unspecified atom stereocenters. The van der Waals surface area contributed by atoms with E-state index in [1.165, 1.54) is 38.2 Å². The number of hydrogen-bond donors (Lipinski definition) is 1. The standard InChI is InChI=1S/C20H30Cl2N4OS/c1-28-12-11-24-6-2-3-16(14-24)15-25-7-9-26(10-8-25)20(27)23-17-4-5-18(21)19(22)13-17/h4-5,13,16H,2-3,6-12,14-15H2,1H3,(H,23,27)/t16-/m1/s1. The van der Waals surface area contributed by atoms with Crippen LogP contribution in [0.1, 0.15) is 12.8 Å². The van der Waals surface area contributed by atoms with Gasteiger partial charge in [-0.05, 0) is 49.8 Å². The van der Waals surface area contributed by atoms with Crippen LogP contribution in [-0.4, -0.2) is 85.1 Å². The maximum absolute atomic E-state index is 12.5. The van der Waals surface area contributed by atoms with E-state index in [4.69, 9.17) is 23.2 Å². The van der Waals surface area contributed by atoms with Gasteiger partial charge in [-0.3, -0.25) is 4.90 Å². The van der Waals surface area contributed by atoms with E-state index in [-0.39, 0.29) is 6.03 Å². The average Bonchev–Trinajstić information content (AvgIpc) is 2.70. The molecule has 0 spiro atoms. The molecule has 2 aliphatic rings. The molecule has 156 valence electrons. The van der Waals surface area contributed by atoms with Gasteiger partial charge in [0.2, 0.25) is 0 Å². The Morgan fingerprint density at radius 3 is 2.64 bits per heavy atom. The van der Waals surface area contributed by atoms with Crippen LogP contribution in [0.2, 0.25) is 10.0 Å². The van der Waals surface area contributed by atoms with E-state index in [2.05, 4.69) is 21.4 Å². The van der Waals surface area contributed by atoms with Crippen molar-refractivity contribution in [1.29, 1.82) is 0 Å². The minimum absolute atomic E-state index is 0.0704. The Labute approximate surface area is 182 Å². The van der Waals surface area contributed by atoms with E-state index in [9.17, 15) is 4.79 Å². The lowest BCUT2D eigenvalue weighted by molar-refractivity contribution is 0.103. The zero-order valence-electron chi connectivity index (χ0n) is 16.5. The Balaban J connectivity index is 1.41. The molecule has 1 N–H and O–H groups in total. The average molecular weight is 445 g/mol. The Bertz CT molecular complexity index is 655. The van der Waals surface area contributed by atoms with Crippen LogP contribution in [0.5, 0.6) is 0 Å². The number of hydrogen-bond acceptors (Lipinski definition) is 4. The Kier molecular flexibility index (Phi) is 8.60. The third-order valence-electron chi connectivity index (χ3n) is 5.56. The number of nitrogens with one attached hydrogen (secondary N) is 1. The summed E-state index contributed by atoms with van der Waals surface area (Å²) in [5, 5.41) is 3.85. The number of piperazine rings is 1. The van der Waals surface area contributed by atoms with Gasteiger partial charge in [0.05, 0.1) is 10.0 Å².